The van der Waals surface area contributed by atoms with E-state index in [9.17, 15) is 9.90 Å². The van der Waals surface area contributed by atoms with Crippen molar-refractivity contribution in [2.75, 3.05) is 43.4 Å². The maximum Gasteiger partial charge on any atom is 0.278 e. The number of nitrogens with zero attached hydrogens (tertiary/aromatic N) is 7. The molecule has 3 atom stereocenters. The Morgan fingerprint density at radius 3 is 2.55 bits per heavy atom. The Labute approximate surface area is 232 Å². The first-order chi connectivity index (χ1) is 19.4. The molecule has 2 saturated heterocycles. The molecule has 6 heterocycles. The molecule has 40 heavy (non-hydrogen) atoms. The number of fused-ring (bicyclic) bond motifs is 7. The zero-order valence-electron chi connectivity index (χ0n) is 22.9. The number of aliphatic hydroxyl groups is 1. The Morgan fingerprint density at radius 2 is 1.77 bits per heavy atom. The number of anilines is 3. The number of allylic oxidation sites excluding steroid dienone is 2. The van der Waals surface area contributed by atoms with Crippen LogP contribution < -0.4 is 15.8 Å². The Kier molecular flexibility index (Phi) is 5.97. The van der Waals surface area contributed by atoms with E-state index in [1.807, 2.05) is 30.4 Å². The molecule has 3 aliphatic heterocycles. The zero-order valence-corrected chi connectivity index (χ0v) is 22.9. The average molecular weight is 539 g/mol. The van der Waals surface area contributed by atoms with E-state index >= 15 is 0 Å². The topological polar surface area (TPSA) is 104 Å². The van der Waals surface area contributed by atoms with Crippen molar-refractivity contribution in [2.45, 2.75) is 31.9 Å². The monoisotopic (exact) mass is 538 g/mol. The van der Waals surface area contributed by atoms with Gasteiger partial charge in [0.05, 0.1) is 12.2 Å². The fourth-order valence-corrected chi connectivity index (χ4v) is 6.44. The van der Waals surface area contributed by atoms with Gasteiger partial charge in [-0.1, -0.05) is 18.2 Å². The predicted molar refractivity (Wildman–Crippen MR) is 155 cm³/mol. The molecule has 0 amide bonds. The predicted octanol–water partition coefficient (Wildman–Crippen LogP) is 3.28. The summed E-state index contributed by atoms with van der Waals surface area (Å²) in [6, 6.07) is 13.9. The maximum atomic E-state index is 13.4. The van der Waals surface area contributed by atoms with Crippen LogP contribution in [0.15, 0.2) is 65.6 Å². The number of hydrogen-bond donors (Lipinski definition) is 2. The number of nitrogens with one attached hydrogen (secondary N) is 1. The van der Waals surface area contributed by atoms with Gasteiger partial charge in [0.1, 0.15) is 11.0 Å². The van der Waals surface area contributed by atoms with Crippen LogP contribution in [0.2, 0.25) is 0 Å². The van der Waals surface area contributed by atoms with E-state index in [4.69, 9.17) is 9.97 Å². The zero-order chi connectivity index (χ0) is 27.4. The van der Waals surface area contributed by atoms with Crippen molar-refractivity contribution in [1.82, 2.24) is 29.2 Å². The minimum atomic E-state index is -1.09. The summed E-state index contributed by atoms with van der Waals surface area (Å²) in [5.41, 5.74) is 1.86. The summed E-state index contributed by atoms with van der Waals surface area (Å²) in [6.07, 6.45) is 6.73. The first-order valence-corrected chi connectivity index (χ1v) is 14.0. The molecule has 10 heteroatoms. The average Bonchev–Trinajstić information content (AvgIpc) is 3.57. The minimum Gasteiger partial charge on any atom is -0.384 e. The molecule has 10 nitrogen and oxygen atoms in total. The highest BCUT2D eigenvalue weighted by Crippen LogP contribution is 2.34. The van der Waals surface area contributed by atoms with Gasteiger partial charge in [0.2, 0.25) is 5.95 Å². The van der Waals surface area contributed by atoms with Crippen molar-refractivity contribution in [3.05, 3.63) is 76.9 Å². The molecule has 4 aromatic rings. The molecule has 2 N–H and O–H groups in total. The van der Waals surface area contributed by atoms with Crippen LogP contribution in [0.3, 0.4) is 0 Å². The molecule has 0 saturated carbocycles. The van der Waals surface area contributed by atoms with Crippen LogP contribution in [0.5, 0.6) is 0 Å². The summed E-state index contributed by atoms with van der Waals surface area (Å²) < 4.78 is 3.34. The molecule has 0 aliphatic carbocycles. The second-order valence-electron chi connectivity index (χ2n) is 11.6. The van der Waals surface area contributed by atoms with Gasteiger partial charge < -0.3 is 20.2 Å². The van der Waals surface area contributed by atoms with Crippen LogP contribution >= 0.6 is 0 Å². The number of pyridine rings is 1. The third kappa shape index (κ3) is 4.37. The smallest absolute Gasteiger partial charge is 0.278 e. The van der Waals surface area contributed by atoms with Crippen molar-refractivity contribution in [2.24, 2.45) is 11.8 Å². The summed E-state index contributed by atoms with van der Waals surface area (Å²) in [5, 5.41) is 14.8. The number of hydrogen-bond acceptors (Lipinski definition) is 8. The van der Waals surface area contributed by atoms with E-state index in [2.05, 4.69) is 51.4 Å². The van der Waals surface area contributed by atoms with Crippen molar-refractivity contribution >= 4 is 28.4 Å². The van der Waals surface area contributed by atoms with E-state index in [-0.39, 0.29) is 5.56 Å². The summed E-state index contributed by atoms with van der Waals surface area (Å²) >= 11 is 0. The van der Waals surface area contributed by atoms with Crippen molar-refractivity contribution in [1.29, 1.82) is 0 Å². The highest BCUT2D eigenvalue weighted by atomic mass is 16.3. The van der Waals surface area contributed by atoms with Gasteiger partial charge in [-0.25, -0.2) is 19.3 Å². The number of aromatic nitrogens is 5. The summed E-state index contributed by atoms with van der Waals surface area (Å²) in [7, 11) is 2.21. The van der Waals surface area contributed by atoms with Crippen molar-refractivity contribution < 1.29 is 5.11 Å². The molecular formula is C30H34N8O2. The van der Waals surface area contributed by atoms with Crippen molar-refractivity contribution in [3.8, 4) is 5.82 Å². The Balaban J connectivity index is 1.20. The van der Waals surface area contributed by atoms with Crippen molar-refractivity contribution in [3.63, 3.8) is 0 Å². The second kappa shape index (κ2) is 9.57. The summed E-state index contributed by atoms with van der Waals surface area (Å²) in [5.74, 6) is 2.43. The molecule has 206 valence electrons. The van der Waals surface area contributed by atoms with Gasteiger partial charge in [-0.2, -0.15) is 4.98 Å². The maximum absolute atomic E-state index is 13.4. The highest BCUT2D eigenvalue weighted by molar-refractivity contribution is 5.77. The number of benzene rings is 1. The van der Waals surface area contributed by atoms with Crippen LogP contribution in [0.25, 0.3) is 16.9 Å². The minimum absolute atomic E-state index is 0.185. The van der Waals surface area contributed by atoms with Gasteiger partial charge in [-0.05, 0) is 75.0 Å². The first kappa shape index (κ1) is 25.0. The molecule has 3 aromatic heterocycles. The molecule has 3 aliphatic rings. The molecular weight excluding hydrogens is 504 g/mol. The molecule has 1 aromatic carbocycles. The van der Waals surface area contributed by atoms with Crippen LogP contribution in [0.1, 0.15) is 25.5 Å². The van der Waals surface area contributed by atoms with Crippen LogP contribution in [-0.4, -0.2) is 67.5 Å². The SMILES string of the molecule is CN1CC2CN(c3ccc(Nc4ncc5c(=O)n6n(c5n4)-c4cccc(n4)[C@](C)(O)CC/C=C\C6)cc3)CC2C1. The molecule has 0 radical (unpaired) electrons. The van der Waals surface area contributed by atoms with Crippen LogP contribution in [0.4, 0.5) is 17.3 Å². The van der Waals surface area contributed by atoms with E-state index in [0.29, 0.717) is 47.9 Å². The molecule has 2 fully saturated rings. The van der Waals surface area contributed by atoms with E-state index in [1.54, 1.807) is 22.5 Å². The van der Waals surface area contributed by atoms with E-state index in [1.165, 1.54) is 18.8 Å². The lowest BCUT2D eigenvalue weighted by atomic mass is 9.95. The third-order valence-corrected chi connectivity index (χ3v) is 8.58. The Hall–Kier alpha value is -4.02. The first-order valence-electron chi connectivity index (χ1n) is 14.0. The molecule has 7 rings (SSSR count). The van der Waals surface area contributed by atoms with Crippen LogP contribution in [0, 0.1) is 11.8 Å². The molecule has 2 unspecified atom stereocenters. The fraction of sp³-hybridized carbons (Fsp3) is 0.400. The highest BCUT2D eigenvalue weighted by Gasteiger charge is 2.38. The molecule has 2 bridgehead atoms. The third-order valence-electron chi connectivity index (χ3n) is 8.58. The van der Waals surface area contributed by atoms with Gasteiger partial charge >= 0.3 is 0 Å². The Bertz CT molecular complexity index is 1640. The van der Waals surface area contributed by atoms with Crippen LogP contribution in [-0.2, 0) is 12.1 Å². The quantitative estimate of drug-likeness (QED) is 0.383. The van der Waals surface area contributed by atoms with Gasteiger partial charge in [0.25, 0.3) is 5.56 Å². The largest absolute Gasteiger partial charge is 0.384 e. The number of rotatable bonds is 3. The van der Waals surface area contributed by atoms with E-state index in [0.717, 1.165) is 30.6 Å². The lowest BCUT2D eigenvalue weighted by Gasteiger charge is -2.22. The van der Waals surface area contributed by atoms with Gasteiger partial charge in [0.15, 0.2) is 11.5 Å². The Morgan fingerprint density at radius 1 is 1.00 bits per heavy atom. The second-order valence-corrected chi connectivity index (χ2v) is 11.6. The summed E-state index contributed by atoms with van der Waals surface area (Å²) in [6.45, 7) is 6.72. The van der Waals surface area contributed by atoms with Gasteiger partial charge in [-0.15, -0.1) is 0 Å². The normalized spacial score (nSPS) is 25.4. The summed E-state index contributed by atoms with van der Waals surface area (Å²) in [4.78, 5) is 32.3. The lowest BCUT2D eigenvalue weighted by Crippen LogP contribution is -2.26. The lowest BCUT2D eigenvalue weighted by molar-refractivity contribution is 0.0443. The standard InChI is InChI=1S/C30H34N8O2/c1-30(40)13-4-3-5-14-37-28(39)24-15-31-29(34-27(24)38(37)26-8-6-7-25(30)33-26)32-22-9-11-23(12-10-22)36-18-20-16-35(2)17-21(20)19-36/h3,5-12,15,20-21,40H,4,13-14,16-19H2,1-2H3,(H,31,32,34)/b5-3-/t20?,21?,30-/m1/s1. The van der Waals surface area contributed by atoms with Gasteiger partial charge in [-0.3, -0.25) is 4.79 Å². The van der Waals surface area contributed by atoms with Gasteiger partial charge in [0, 0.05) is 43.8 Å². The molecule has 0 spiro atoms. The number of likely N-dealkylation sites (tertiary alicyclic amines) is 1. The fourth-order valence-electron chi connectivity index (χ4n) is 6.44. The van der Waals surface area contributed by atoms with E-state index < -0.39 is 5.60 Å².